The quantitative estimate of drug-likeness (QED) is 0.853. The number of rotatable bonds is 2. The molecule has 2 aromatic rings. The fourth-order valence-corrected chi connectivity index (χ4v) is 2.53. The number of aliphatic imine (C=N–C) groups is 2. The lowest BCUT2D eigenvalue weighted by molar-refractivity contribution is -0.112. The van der Waals surface area contributed by atoms with Crippen LogP contribution in [0.3, 0.4) is 0 Å². The summed E-state index contributed by atoms with van der Waals surface area (Å²) < 4.78 is 11.1. The minimum Gasteiger partial charge on any atom is -0.435 e. The van der Waals surface area contributed by atoms with Crippen LogP contribution in [0.2, 0.25) is 0 Å². The van der Waals surface area contributed by atoms with E-state index in [0.29, 0.717) is 22.9 Å². The first-order valence-corrected chi connectivity index (χ1v) is 6.69. The second kappa shape index (κ2) is 4.24. The number of nitrogens with zero attached hydrogens (tertiary/aromatic N) is 2. The molecule has 0 saturated heterocycles. The Morgan fingerprint density at radius 1 is 0.773 bits per heavy atom. The third-order valence-electron chi connectivity index (χ3n) is 3.50. The first kappa shape index (κ1) is 12.7. The van der Waals surface area contributed by atoms with E-state index in [-0.39, 0.29) is 23.4 Å². The highest BCUT2D eigenvalue weighted by molar-refractivity contribution is 6.39. The van der Waals surface area contributed by atoms with Gasteiger partial charge in [-0.25, -0.2) is 9.98 Å². The average Bonchev–Trinajstić information content (AvgIpc) is 2.51. The third kappa shape index (κ3) is 1.67. The van der Waals surface area contributed by atoms with E-state index in [4.69, 9.17) is 9.47 Å². The third-order valence-corrected chi connectivity index (χ3v) is 3.50. The highest BCUT2D eigenvalue weighted by Gasteiger charge is 2.26. The zero-order chi connectivity index (χ0) is 15.4. The van der Waals surface area contributed by atoms with Crippen molar-refractivity contribution in [1.29, 1.82) is 0 Å². The van der Waals surface area contributed by atoms with Crippen LogP contribution >= 0.6 is 0 Å². The van der Waals surface area contributed by atoms with Crippen LogP contribution < -0.4 is 9.47 Å². The summed E-state index contributed by atoms with van der Waals surface area (Å²) in [4.78, 5) is 31.5. The molecule has 0 atom stereocenters. The van der Waals surface area contributed by atoms with Crippen molar-refractivity contribution in [1.82, 2.24) is 0 Å². The minimum absolute atomic E-state index is 0.0557. The second-order valence-corrected chi connectivity index (χ2v) is 5.07. The van der Waals surface area contributed by atoms with Gasteiger partial charge in [0.25, 0.3) is 11.8 Å². The molecule has 0 amide bonds. The van der Waals surface area contributed by atoms with Gasteiger partial charge in [0.15, 0.2) is 0 Å². The van der Waals surface area contributed by atoms with E-state index in [1.165, 1.54) is 13.8 Å². The first-order chi connectivity index (χ1) is 10.5. The molecule has 2 heterocycles. The van der Waals surface area contributed by atoms with Crippen LogP contribution in [0.25, 0.3) is 10.8 Å². The van der Waals surface area contributed by atoms with Gasteiger partial charge >= 0.3 is 0 Å². The maximum absolute atomic E-state index is 11.5. The predicted molar refractivity (Wildman–Crippen MR) is 80.8 cm³/mol. The average molecular weight is 294 g/mol. The van der Waals surface area contributed by atoms with Crippen LogP contribution in [0.15, 0.2) is 34.3 Å². The van der Waals surface area contributed by atoms with Crippen LogP contribution in [0.1, 0.15) is 13.8 Å². The van der Waals surface area contributed by atoms with E-state index in [1.807, 2.05) is 0 Å². The van der Waals surface area contributed by atoms with Gasteiger partial charge in [-0.2, -0.15) is 0 Å². The van der Waals surface area contributed by atoms with Crippen molar-refractivity contribution in [3.05, 3.63) is 24.3 Å². The Hall–Kier alpha value is -3.02. The van der Waals surface area contributed by atoms with Crippen LogP contribution in [-0.2, 0) is 9.59 Å². The summed E-state index contributed by atoms with van der Waals surface area (Å²) in [5, 5.41) is 1.46. The molecule has 2 aromatic carbocycles. The number of hydrogen-bond donors (Lipinski definition) is 0. The summed E-state index contributed by atoms with van der Waals surface area (Å²) in [6.07, 6.45) is 0. The molecular weight excluding hydrogens is 284 g/mol. The lowest BCUT2D eigenvalue weighted by atomic mass is 10.0. The number of Topliss-reactive ketones (excluding diaryl/α,β-unsaturated/α-hetero) is 2. The van der Waals surface area contributed by atoms with E-state index in [9.17, 15) is 9.59 Å². The number of benzene rings is 2. The van der Waals surface area contributed by atoms with Crippen LogP contribution in [0.5, 0.6) is 11.5 Å². The molecule has 0 aromatic heterocycles. The largest absolute Gasteiger partial charge is 0.435 e. The normalized spacial score (nSPS) is 14.6. The molecule has 0 bridgehead atoms. The van der Waals surface area contributed by atoms with E-state index in [0.717, 1.165) is 10.8 Å². The second-order valence-electron chi connectivity index (χ2n) is 5.07. The van der Waals surface area contributed by atoms with Gasteiger partial charge in [-0.15, -0.1) is 0 Å². The molecule has 22 heavy (non-hydrogen) atoms. The monoisotopic (exact) mass is 294 g/mol. The van der Waals surface area contributed by atoms with Gasteiger partial charge in [-0.3, -0.25) is 9.59 Å². The molecule has 2 aliphatic heterocycles. The Kier molecular flexibility index (Phi) is 2.45. The molecule has 6 nitrogen and oxygen atoms in total. The van der Waals surface area contributed by atoms with Gasteiger partial charge < -0.3 is 9.47 Å². The molecule has 2 aliphatic rings. The Labute approximate surface area is 125 Å². The van der Waals surface area contributed by atoms with Crippen LogP contribution in [0, 0.1) is 0 Å². The lowest BCUT2D eigenvalue weighted by Gasteiger charge is -2.21. The van der Waals surface area contributed by atoms with Gasteiger partial charge in [-0.05, 0) is 24.3 Å². The predicted octanol–water partition coefficient (Wildman–Crippen LogP) is 2.86. The van der Waals surface area contributed by atoms with E-state index >= 15 is 0 Å². The van der Waals surface area contributed by atoms with Gasteiger partial charge in [0.1, 0.15) is 11.5 Å². The Morgan fingerprint density at radius 2 is 1.18 bits per heavy atom. The molecule has 0 N–H and O–H groups in total. The maximum Gasteiger partial charge on any atom is 0.263 e. The van der Waals surface area contributed by atoms with Gasteiger partial charge in [0, 0.05) is 13.8 Å². The summed E-state index contributed by atoms with van der Waals surface area (Å²) in [5.74, 6) is 0.682. The fourth-order valence-electron chi connectivity index (χ4n) is 2.53. The molecule has 0 unspecified atom stereocenters. The smallest absolute Gasteiger partial charge is 0.263 e. The zero-order valence-corrected chi connectivity index (χ0v) is 11.8. The molecule has 6 heteroatoms. The Morgan fingerprint density at radius 3 is 1.55 bits per heavy atom. The molecular formula is C16H10N2O4. The maximum atomic E-state index is 11.5. The van der Waals surface area contributed by atoms with Crippen molar-refractivity contribution in [2.45, 2.75) is 13.8 Å². The van der Waals surface area contributed by atoms with Crippen molar-refractivity contribution in [2.24, 2.45) is 9.98 Å². The topological polar surface area (TPSA) is 77.3 Å². The van der Waals surface area contributed by atoms with Gasteiger partial charge in [0.05, 0.1) is 22.1 Å². The van der Waals surface area contributed by atoms with E-state index < -0.39 is 0 Å². The number of ether oxygens (including phenoxy) is 2. The molecule has 0 aliphatic carbocycles. The highest BCUT2D eigenvalue weighted by atomic mass is 16.5. The standard InChI is InChI=1S/C16H10N2O4/c1-7(19)15-17-9-3-6-12-14-10(18-16(22-12)8(2)20)4-5-11(21-15)13(9)14/h3-6H,1-2H3. The summed E-state index contributed by atoms with van der Waals surface area (Å²) in [5.41, 5.74) is 1.24. The van der Waals surface area contributed by atoms with Crippen molar-refractivity contribution in [3.8, 4) is 11.5 Å². The van der Waals surface area contributed by atoms with Crippen molar-refractivity contribution in [3.63, 3.8) is 0 Å². The molecule has 0 fully saturated rings. The molecule has 0 radical (unpaired) electrons. The molecule has 108 valence electrons. The first-order valence-electron chi connectivity index (χ1n) is 6.69. The SMILES string of the molecule is CC(=O)C1=Nc2ccc3c4c(ccc(c24)O1)N=C(C(C)=O)O3. The van der Waals surface area contributed by atoms with Crippen molar-refractivity contribution >= 4 is 45.5 Å². The van der Waals surface area contributed by atoms with Gasteiger partial charge in [-0.1, -0.05) is 0 Å². The minimum atomic E-state index is -0.243. The molecule has 0 spiro atoms. The zero-order valence-electron chi connectivity index (χ0n) is 11.8. The van der Waals surface area contributed by atoms with E-state index in [1.54, 1.807) is 24.3 Å². The fraction of sp³-hybridized carbons (Fsp3) is 0.125. The van der Waals surface area contributed by atoms with Crippen LogP contribution in [-0.4, -0.2) is 23.4 Å². The number of hydrogen-bond acceptors (Lipinski definition) is 6. The van der Waals surface area contributed by atoms with Crippen molar-refractivity contribution in [2.75, 3.05) is 0 Å². The summed E-state index contributed by atoms with van der Waals surface area (Å²) in [7, 11) is 0. The van der Waals surface area contributed by atoms with E-state index in [2.05, 4.69) is 9.98 Å². The Balaban J connectivity index is 2.04. The van der Waals surface area contributed by atoms with Crippen LogP contribution in [0.4, 0.5) is 11.4 Å². The number of ketones is 2. The van der Waals surface area contributed by atoms with Gasteiger partial charge in [0.2, 0.25) is 11.6 Å². The summed E-state index contributed by atoms with van der Waals surface area (Å²) in [6.45, 7) is 2.80. The molecule has 4 rings (SSSR count). The number of carbonyl (C=O) groups is 2. The highest BCUT2D eigenvalue weighted by Crippen LogP contribution is 2.47. The Bertz CT molecular complexity index is 864. The lowest BCUT2D eigenvalue weighted by Crippen LogP contribution is -2.21. The number of carbonyl (C=O) groups excluding carboxylic acids is 2. The summed E-state index contributed by atoms with van der Waals surface area (Å²) in [6, 6.07) is 6.91. The summed E-state index contributed by atoms with van der Waals surface area (Å²) >= 11 is 0. The molecule has 0 saturated carbocycles. The van der Waals surface area contributed by atoms with Crippen molar-refractivity contribution < 1.29 is 19.1 Å².